The molecule has 4 rings (SSSR count). The van der Waals surface area contributed by atoms with Crippen LogP contribution in [0.2, 0.25) is 0 Å². The van der Waals surface area contributed by atoms with Gasteiger partial charge in [-0.1, -0.05) is 30.3 Å². The molecule has 0 bridgehead atoms. The average Bonchev–Trinajstić information content (AvgIpc) is 3.17. The molecule has 29 heavy (non-hydrogen) atoms. The molecule has 8 heteroatoms. The lowest BCUT2D eigenvalue weighted by Crippen LogP contribution is -2.00. The van der Waals surface area contributed by atoms with Crippen molar-refractivity contribution >= 4 is 17.0 Å². The number of hydrogen-bond acceptors (Lipinski definition) is 6. The normalized spacial score (nSPS) is 10.8. The van der Waals surface area contributed by atoms with E-state index in [-0.39, 0.29) is 28.5 Å². The van der Waals surface area contributed by atoms with Crippen LogP contribution in [0.3, 0.4) is 0 Å². The Labute approximate surface area is 165 Å². The molecular formula is C21H17N3O5. The number of pyridine rings is 1. The zero-order chi connectivity index (χ0) is 20.5. The Morgan fingerprint density at radius 2 is 1.66 bits per heavy atom. The van der Waals surface area contributed by atoms with Crippen LogP contribution < -0.4 is 9.47 Å². The summed E-state index contributed by atoms with van der Waals surface area (Å²) < 4.78 is 10.4. The van der Waals surface area contributed by atoms with Gasteiger partial charge in [-0.05, 0) is 18.2 Å². The molecule has 3 N–H and O–H groups in total. The Kier molecular flexibility index (Phi) is 4.52. The molecule has 0 amide bonds. The number of fused-ring (bicyclic) bond motifs is 1. The largest absolute Gasteiger partial charge is 0.502 e. The van der Waals surface area contributed by atoms with Gasteiger partial charge in [-0.25, -0.2) is 9.78 Å². The molecule has 0 spiro atoms. The van der Waals surface area contributed by atoms with E-state index in [9.17, 15) is 15.0 Å². The SMILES string of the molecule is COc1cc(-c2cc(C(=O)O)c3c(-c4ccccc4)[nH]nc3n2)cc(OC)c1O. The van der Waals surface area contributed by atoms with Crippen molar-refractivity contribution in [3.8, 4) is 39.8 Å². The molecule has 0 saturated heterocycles. The second-order valence-electron chi connectivity index (χ2n) is 6.25. The number of hydrogen-bond donors (Lipinski definition) is 3. The van der Waals surface area contributed by atoms with Crippen molar-refractivity contribution in [2.24, 2.45) is 0 Å². The molecule has 0 fully saturated rings. The van der Waals surface area contributed by atoms with E-state index in [4.69, 9.17) is 9.47 Å². The van der Waals surface area contributed by atoms with Gasteiger partial charge in [0.2, 0.25) is 5.75 Å². The van der Waals surface area contributed by atoms with Gasteiger partial charge in [0.05, 0.1) is 36.6 Å². The number of aromatic hydroxyl groups is 1. The second-order valence-corrected chi connectivity index (χ2v) is 6.25. The van der Waals surface area contributed by atoms with E-state index in [0.29, 0.717) is 22.3 Å². The molecule has 2 heterocycles. The molecule has 0 atom stereocenters. The Balaban J connectivity index is 1.96. The van der Waals surface area contributed by atoms with E-state index in [2.05, 4.69) is 15.2 Å². The van der Waals surface area contributed by atoms with Crippen LogP contribution in [0.25, 0.3) is 33.5 Å². The van der Waals surface area contributed by atoms with Crippen LogP contribution in [0, 0.1) is 0 Å². The lowest BCUT2D eigenvalue weighted by molar-refractivity contribution is 0.0699. The fourth-order valence-electron chi connectivity index (χ4n) is 3.20. The first-order valence-electron chi connectivity index (χ1n) is 8.66. The molecule has 2 aromatic heterocycles. The molecule has 0 saturated carbocycles. The fraction of sp³-hybridized carbons (Fsp3) is 0.0952. The first kappa shape index (κ1) is 18.3. The third kappa shape index (κ3) is 3.10. The summed E-state index contributed by atoms with van der Waals surface area (Å²) in [7, 11) is 2.83. The molecule has 0 aliphatic carbocycles. The van der Waals surface area contributed by atoms with E-state index in [1.54, 1.807) is 12.1 Å². The number of phenols is 1. The van der Waals surface area contributed by atoms with Crippen LogP contribution in [-0.2, 0) is 0 Å². The minimum atomic E-state index is -1.10. The molecular weight excluding hydrogens is 374 g/mol. The summed E-state index contributed by atoms with van der Waals surface area (Å²) in [6.45, 7) is 0. The summed E-state index contributed by atoms with van der Waals surface area (Å²) in [5.41, 5.74) is 2.59. The maximum absolute atomic E-state index is 12.0. The molecule has 146 valence electrons. The summed E-state index contributed by atoms with van der Waals surface area (Å²) in [6.07, 6.45) is 0. The number of aromatic amines is 1. The second kappa shape index (κ2) is 7.16. The molecule has 0 aliphatic heterocycles. The van der Waals surface area contributed by atoms with Crippen molar-refractivity contribution in [3.05, 3.63) is 54.1 Å². The van der Waals surface area contributed by atoms with E-state index >= 15 is 0 Å². The Hall–Kier alpha value is -4.07. The summed E-state index contributed by atoms with van der Waals surface area (Å²) in [6, 6.07) is 13.9. The number of aromatic carboxylic acids is 1. The average molecular weight is 391 g/mol. The first-order valence-corrected chi connectivity index (χ1v) is 8.66. The number of carboxylic acids is 1. The van der Waals surface area contributed by atoms with Gasteiger partial charge in [0.25, 0.3) is 0 Å². The number of phenolic OH excluding ortho intramolecular Hbond substituents is 1. The van der Waals surface area contributed by atoms with Crippen LogP contribution in [-0.4, -0.2) is 45.6 Å². The Morgan fingerprint density at radius 1 is 1.00 bits per heavy atom. The molecule has 8 nitrogen and oxygen atoms in total. The van der Waals surface area contributed by atoms with Crippen molar-refractivity contribution in [2.45, 2.75) is 0 Å². The van der Waals surface area contributed by atoms with Gasteiger partial charge in [-0.2, -0.15) is 5.10 Å². The maximum atomic E-state index is 12.0. The fourth-order valence-corrected chi connectivity index (χ4v) is 3.20. The van der Waals surface area contributed by atoms with Gasteiger partial charge in [0, 0.05) is 11.1 Å². The van der Waals surface area contributed by atoms with Crippen LogP contribution in [0.5, 0.6) is 17.2 Å². The minimum absolute atomic E-state index is 0.0589. The topological polar surface area (TPSA) is 118 Å². The third-order valence-corrected chi connectivity index (χ3v) is 4.59. The number of nitrogens with one attached hydrogen (secondary N) is 1. The van der Waals surface area contributed by atoms with Gasteiger partial charge in [0.1, 0.15) is 0 Å². The number of ether oxygens (including phenoxy) is 2. The monoisotopic (exact) mass is 391 g/mol. The van der Waals surface area contributed by atoms with Crippen molar-refractivity contribution in [3.63, 3.8) is 0 Å². The predicted molar refractivity (Wildman–Crippen MR) is 106 cm³/mol. The number of carboxylic acid groups (broad SMARTS) is 1. The molecule has 0 unspecified atom stereocenters. The number of rotatable bonds is 5. The quantitative estimate of drug-likeness (QED) is 0.475. The Morgan fingerprint density at radius 3 is 2.24 bits per heavy atom. The number of carbonyl (C=O) groups is 1. The molecule has 0 aliphatic rings. The molecule has 4 aromatic rings. The van der Waals surface area contributed by atoms with Gasteiger partial charge in [-0.3, -0.25) is 5.10 Å². The van der Waals surface area contributed by atoms with Crippen LogP contribution in [0.15, 0.2) is 48.5 Å². The lowest BCUT2D eigenvalue weighted by atomic mass is 10.0. The first-order chi connectivity index (χ1) is 14.0. The maximum Gasteiger partial charge on any atom is 0.336 e. The smallest absolute Gasteiger partial charge is 0.336 e. The minimum Gasteiger partial charge on any atom is -0.502 e. The summed E-state index contributed by atoms with van der Waals surface area (Å²) in [5.74, 6) is -0.880. The highest BCUT2D eigenvalue weighted by Gasteiger charge is 2.21. The van der Waals surface area contributed by atoms with E-state index in [1.807, 2.05) is 30.3 Å². The number of aromatic nitrogens is 3. The van der Waals surface area contributed by atoms with E-state index in [0.717, 1.165) is 5.56 Å². The number of nitrogens with zero attached hydrogens (tertiary/aromatic N) is 2. The van der Waals surface area contributed by atoms with Crippen molar-refractivity contribution < 1.29 is 24.5 Å². The van der Waals surface area contributed by atoms with Gasteiger partial charge < -0.3 is 19.7 Å². The van der Waals surface area contributed by atoms with Gasteiger partial charge in [0.15, 0.2) is 17.1 Å². The van der Waals surface area contributed by atoms with Crippen molar-refractivity contribution in [1.82, 2.24) is 15.2 Å². The number of benzene rings is 2. The van der Waals surface area contributed by atoms with Crippen LogP contribution in [0.4, 0.5) is 0 Å². The lowest BCUT2D eigenvalue weighted by Gasteiger charge is -2.11. The zero-order valence-electron chi connectivity index (χ0n) is 15.6. The van der Waals surface area contributed by atoms with Crippen molar-refractivity contribution in [1.29, 1.82) is 0 Å². The van der Waals surface area contributed by atoms with Crippen molar-refractivity contribution in [2.75, 3.05) is 14.2 Å². The summed E-state index contributed by atoms with van der Waals surface area (Å²) >= 11 is 0. The van der Waals surface area contributed by atoms with E-state index in [1.165, 1.54) is 20.3 Å². The Bertz CT molecular complexity index is 1190. The van der Waals surface area contributed by atoms with E-state index < -0.39 is 5.97 Å². The molecule has 0 radical (unpaired) electrons. The van der Waals surface area contributed by atoms with Gasteiger partial charge >= 0.3 is 5.97 Å². The summed E-state index contributed by atoms with van der Waals surface area (Å²) in [4.78, 5) is 16.5. The summed E-state index contributed by atoms with van der Waals surface area (Å²) in [5, 5.41) is 27.5. The van der Waals surface area contributed by atoms with Crippen LogP contribution in [0.1, 0.15) is 10.4 Å². The standard InChI is InChI=1S/C21H17N3O5/c1-28-15-8-12(9-16(29-2)19(15)25)14-10-13(21(26)27)17-18(23-24-20(17)22-14)11-6-4-3-5-7-11/h3-10,25H,1-2H3,(H,26,27)(H,22,23,24). The highest BCUT2D eigenvalue weighted by Crippen LogP contribution is 2.40. The highest BCUT2D eigenvalue weighted by atomic mass is 16.5. The highest BCUT2D eigenvalue weighted by molar-refractivity contribution is 6.08. The third-order valence-electron chi connectivity index (χ3n) is 4.59. The zero-order valence-corrected chi connectivity index (χ0v) is 15.6. The number of methoxy groups -OCH3 is 2. The predicted octanol–water partition coefficient (Wildman–Crippen LogP) is 3.71. The molecule has 2 aromatic carbocycles. The number of H-pyrrole nitrogens is 1. The van der Waals surface area contributed by atoms with Gasteiger partial charge in [-0.15, -0.1) is 0 Å². The van der Waals surface area contributed by atoms with Crippen LogP contribution >= 0.6 is 0 Å².